The minimum atomic E-state index is 0.436. The average molecular weight is 311 g/mol. The van der Waals surface area contributed by atoms with Gasteiger partial charge in [0.05, 0.1) is 15.4 Å². The Hall–Kier alpha value is -1.43. The van der Waals surface area contributed by atoms with Crippen molar-refractivity contribution in [1.82, 2.24) is 15.0 Å². The van der Waals surface area contributed by atoms with Crippen LogP contribution in [0.2, 0.25) is 10.0 Å². The summed E-state index contributed by atoms with van der Waals surface area (Å²) in [7, 11) is 1.82. The zero-order chi connectivity index (χ0) is 13.4. The maximum Gasteiger partial charge on any atom is 0.183 e. The lowest BCUT2D eigenvalue weighted by Crippen LogP contribution is -1.98. The van der Waals surface area contributed by atoms with Crippen LogP contribution >= 0.6 is 34.5 Å². The molecule has 1 N–H and O–H groups in total. The molecule has 0 aliphatic rings. The summed E-state index contributed by atoms with van der Waals surface area (Å²) >= 11 is 13.5. The number of nitrogens with one attached hydrogen (secondary N) is 1. The van der Waals surface area contributed by atoms with Gasteiger partial charge in [-0.2, -0.15) is 0 Å². The van der Waals surface area contributed by atoms with E-state index in [1.165, 1.54) is 6.20 Å². The van der Waals surface area contributed by atoms with E-state index >= 15 is 0 Å². The number of pyridine rings is 1. The summed E-state index contributed by atoms with van der Waals surface area (Å²) in [4.78, 5) is 14.0. The first-order chi connectivity index (χ1) is 9.19. The van der Waals surface area contributed by atoms with Crippen molar-refractivity contribution in [3.8, 4) is 11.5 Å². The number of thiophene rings is 1. The van der Waals surface area contributed by atoms with Gasteiger partial charge < -0.3 is 5.32 Å². The topological polar surface area (TPSA) is 50.7 Å². The number of nitrogens with zero attached hydrogens (tertiary/aromatic N) is 3. The highest BCUT2D eigenvalue weighted by molar-refractivity contribution is 7.16. The van der Waals surface area contributed by atoms with E-state index in [4.69, 9.17) is 23.2 Å². The van der Waals surface area contributed by atoms with Gasteiger partial charge in [0.2, 0.25) is 0 Å². The second-order valence-corrected chi connectivity index (χ2v) is 5.51. The number of fused-ring (bicyclic) bond motifs is 1. The first kappa shape index (κ1) is 12.6. The first-order valence-electron chi connectivity index (χ1n) is 5.43. The Morgan fingerprint density at radius 2 is 2.11 bits per heavy atom. The summed E-state index contributed by atoms with van der Waals surface area (Å²) in [5.41, 5.74) is 0.526. The third-order valence-corrected chi connectivity index (χ3v) is 3.88. The fourth-order valence-corrected chi connectivity index (χ4v) is 2.96. The Labute approximate surface area is 123 Å². The summed E-state index contributed by atoms with van der Waals surface area (Å²) < 4.78 is 0. The molecule has 0 amide bonds. The van der Waals surface area contributed by atoms with Crippen LogP contribution in [0.5, 0.6) is 0 Å². The van der Waals surface area contributed by atoms with Crippen LogP contribution in [0.25, 0.3) is 21.7 Å². The monoisotopic (exact) mass is 310 g/mol. The Bertz CT molecular complexity index is 757. The van der Waals surface area contributed by atoms with Gasteiger partial charge in [0, 0.05) is 13.2 Å². The molecule has 3 heterocycles. The molecule has 0 aliphatic heterocycles. The van der Waals surface area contributed by atoms with E-state index in [0.29, 0.717) is 21.6 Å². The minimum absolute atomic E-state index is 0.436. The normalized spacial score (nSPS) is 10.9. The van der Waals surface area contributed by atoms with Crippen LogP contribution in [-0.4, -0.2) is 22.0 Å². The molecule has 7 heteroatoms. The van der Waals surface area contributed by atoms with Crippen LogP contribution in [0.3, 0.4) is 0 Å². The molecule has 0 radical (unpaired) electrons. The first-order valence-corrected chi connectivity index (χ1v) is 7.07. The van der Waals surface area contributed by atoms with Crippen molar-refractivity contribution < 1.29 is 0 Å². The van der Waals surface area contributed by atoms with E-state index in [9.17, 15) is 0 Å². The lowest BCUT2D eigenvalue weighted by atomic mass is 10.3. The van der Waals surface area contributed by atoms with Crippen LogP contribution in [0, 0.1) is 0 Å². The number of hydrogen-bond donors (Lipinski definition) is 1. The van der Waals surface area contributed by atoms with E-state index in [1.807, 2.05) is 18.5 Å². The molecular weight excluding hydrogens is 303 g/mol. The molecule has 0 saturated heterocycles. The molecule has 0 unspecified atom stereocenters. The van der Waals surface area contributed by atoms with Crippen molar-refractivity contribution in [2.24, 2.45) is 0 Å². The quantitative estimate of drug-likeness (QED) is 0.774. The molecule has 0 aromatic carbocycles. The maximum atomic E-state index is 6.14. The largest absolute Gasteiger partial charge is 0.372 e. The molecule has 3 aromatic rings. The molecule has 0 fully saturated rings. The third-order valence-electron chi connectivity index (χ3n) is 2.58. The molecule has 0 bridgehead atoms. The number of rotatable bonds is 2. The van der Waals surface area contributed by atoms with E-state index in [-0.39, 0.29) is 0 Å². The van der Waals surface area contributed by atoms with Crippen LogP contribution in [-0.2, 0) is 0 Å². The lowest BCUT2D eigenvalue weighted by Gasteiger charge is -2.06. The molecule has 0 atom stereocenters. The van der Waals surface area contributed by atoms with Gasteiger partial charge in [0.15, 0.2) is 5.82 Å². The lowest BCUT2D eigenvalue weighted by molar-refractivity contribution is 1.18. The molecule has 96 valence electrons. The van der Waals surface area contributed by atoms with Crippen LogP contribution in [0.1, 0.15) is 0 Å². The number of anilines is 1. The van der Waals surface area contributed by atoms with Crippen LogP contribution in [0.4, 0.5) is 5.82 Å². The second kappa shape index (κ2) is 4.92. The summed E-state index contributed by atoms with van der Waals surface area (Å²) in [6.07, 6.45) is 1.53. The van der Waals surface area contributed by atoms with Crippen molar-refractivity contribution in [3.63, 3.8) is 0 Å². The molecule has 0 aliphatic carbocycles. The highest BCUT2D eigenvalue weighted by atomic mass is 35.5. The summed E-state index contributed by atoms with van der Waals surface area (Å²) in [5.74, 6) is 1.25. The van der Waals surface area contributed by atoms with Gasteiger partial charge in [-0.1, -0.05) is 23.2 Å². The van der Waals surface area contributed by atoms with Crippen molar-refractivity contribution in [3.05, 3.63) is 33.8 Å². The fraction of sp³-hybridized carbons (Fsp3) is 0.0833. The van der Waals surface area contributed by atoms with Gasteiger partial charge in [-0.15, -0.1) is 11.3 Å². The van der Waals surface area contributed by atoms with Gasteiger partial charge in [-0.25, -0.2) is 15.0 Å². The van der Waals surface area contributed by atoms with Crippen LogP contribution < -0.4 is 5.32 Å². The molecule has 3 aromatic heterocycles. The number of hydrogen-bond acceptors (Lipinski definition) is 5. The zero-order valence-corrected chi connectivity index (χ0v) is 12.1. The third kappa shape index (κ3) is 2.25. The molecular formula is C12H8Cl2N4S. The SMILES string of the molecule is CNc1nc(-c2ncc(Cl)cc2Cl)nc2sccc12. The summed E-state index contributed by atoms with van der Waals surface area (Å²) in [6.45, 7) is 0. The van der Waals surface area contributed by atoms with Gasteiger partial charge in [0.1, 0.15) is 16.3 Å². The van der Waals surface area contributed by atoms with Crippen molar-refractivity contribution >= 4 is 50.6 Å². The Morgan fingerprint density at radius 1 is 1.26 bits per heavy atom. The van der Waals surface area contributed by atoms with E-state index in [1.54, 1.807) is 17.4 Å². The molecule has 3 rings (SSSR count). The smallest absolute Gasteiger partial charge is 0.183 e. The van der Waals surface area contributed by atoms with Crippen molar-refractivity contribution in [2.75, 3.05) is 12.4 Å². The highest BCUT2D eigenvalue weighted by Gasteiger charge is 2.13. The fourth-order valence-electron chi connectivity index (χ4n) is 1.73. The number of halogens is 2. The predicted octanol–water partition coefficient (Wildman–Crippen LogP) is 4.10. The van der Waals surface area contributed by atoms with Crippen molar-refractivity contribution in [1.29, 1.82) is 0 Å². The standard InChI is InChI=1S/C12H8Cl2N4S/c1-15-10-7-2-3-19-12(7)18-11(17-10)9-8(14)4-6(13)5-16-9/h2-5H,1H3,(H,15,17,18). The summed E-state index contributed by atoms with van der Waals surface area (Å²) in [6, 6.07) is 3.61. The Kier molecular flexibility index (Phi) is 3.26. The molecule has 4 nitrogen and oxygen atoms in total. The molecule has 0 saturated carbocycles. The number of aromatic nitrogens is 3. The Morgan fingerprint density at radius 3 is 2.84 bits per heavy atom. The average Bonchev–Trinajstić information content (AvgIpc) is 2.85. The summed E-state index contributed by atoms with van der Waals surface area (Å²) in [5, 5.41) is 6.94. The van der Waals surface area contributed by atoms with Gasteiger partial charge in [-0.3, -0.25) is 0 Å². The van der Waals surface area contributed by atoms with Crippen LogP contribution in [0.15, 0.2) is 23.7 Å². The minimum Gasteiger partial charge on any atom is -0.372 e. The zero-order valence-electron chi connectivity index (χ0n) is 9.82. The van der Waals surface area contributed by atoms with Gasteiger partial charge >= 0.3 is 0 Å². The molecule has 0 spiro atoms. The predicted molar refractivity (Wildman–Crippen MR) is 80.2 cm³/mol. The Balaban J connectivity index is 2.24. The maximum absolute atomic E-state index is 6.14. The van der Waals surface area contributed by atoms with Gasteiger partial charge in [-0.05, 0) is 17.5 Å². The van der Waals surface area contributed by atoms with Gasteiger partial charge in [0.25, 0.3) is 0 Å². The van der Waals surface area contributed by atoms with E-state index in [2.05, 4.69) is 20.3 Å². The second-order valence-electron chi connectivity index (χ2n) is 3.77. The van der Waals surface area contributed by atoms with E-state index in [0.717, 1.165) is 16.0 Å². The molecule has 19 heavy (non-hydrogen) atoms. The highest BCUT2D eigenvalue weighted by Crippen LogP contribution is 2.31. The van der Waals surface area contributed by atoms with Crippen molar-refractivity contribution in [2.45, 2.75) is 0 Å². The van der Waals surface area contributed by atoms with E-state index < -0.39 is 0 Å².